The zero-order valence-electron chi connectivity index (χ0n) is 18.4. The standard InChI is InChI=1S/C23H30F3N3O3/c1-2-32-21(31)29-12-10-28(11-13-29)20(30)19-15-22(19)6-8-27(9-7-22)16-17-4-3-5-18(14-17)23(24,25)26/h3-5,14,19H,2,6-13,15-16H2,1H3. The summed E-state index contributed by atoms with van der Waals surface area (Å²) in [4.78, 5) is 30.5. The van der Waals surface area contributed by atoms with Crippen LogP contribution in [0.2, 0.25) is 0 Å². The van der Waals surface area contributed by atoms with Crippen LogP contribution in [0.4, 0.5) is 18.0 Å². The van der Waals surface area contributed by atoms with E-state index in [0.29, 0.717) is 44.9 Å². The van der Waals surface area contributed by atoms with Crippen molar-refractivity contribution in [2.75, 3.05) is 45.9 Å². The molecule has 0 bridgehead atoms. The number of piperidine rings is 1. The molecule has 1 aromatic carbocycles. The maximum Gasteiger partial charge on any atom is 0.416 e. The molecule has 0 radical (unpaired) electrons. The van der Waals surface area contributed by atoms with Gasteiger partial charge in [0.2, 0.25) is 5.91 Å². The number of hydrogen-bond acceptors (Lipinski definition) is 4. The van der Waals surface area contributed by atoms with Crippen LogP contribution in [0, 0.1) is 11.3 Å². The smallest absolute Gasteiger partial charge is 0.416 e. The zero-order valence-corrected chi connectivity index (χ0v) is 18.4. The van der Waals surface area contributed by atoms with Crippen LogP contribution in [-0.4, -0.2) is 72.6 Å². The monoisotopic (exact) mass is 453 g/mol. The molecule has 3 fully saturated rings. The molecule has 2 amide bonds. The van der Waals surface area contributed by atoms with Gasteiger partial charge < -0.3 is 14.5 Å². The fourth-order valence-electron chi connectivity index (χ4n) is 5.05. The van der Waals surface area contributed by atoms with Crippen LogP contribution < -0.4 is 0 Å². The summed E-state index contributed by atoms with van der Waals surface area (Å²) in [5, 5.41) is 0. The Morgan fingerprint density at radius 1 is 1.06 bits per heavy atom. The van der Waals surface area contributed by atoms with Crippen LogP contribution in [0.5, 0.6) is 0 Å². The van der Waals surface area contributed by atoms with Gasteiger partial charge >= 0.3 is 12.3 Å². The second-order valence-electron chi connectivity index (χ2n) is 9.10. The van der Waals surface area contributed by atoms with E-state index in [1.165, 1.54) is 12.1 Å². The quantitative estimate of drug-likeness (QED) is 0.699. The van der Waals surface area contributed by atoms with Crippen molar-refractivity contribution >= 4 is 12.0 Å². The molecule has 2 heterocycles. The number of rotatable bonds is 4. The van der Waals surface area contributed by atoms with Gasteiger partial charge in [-0.1, -0.05) is 18.2 Å². The van der Waals surface area contributed by atoms with E-state index in [-0.39, 0.29) is 23.3 Å². The van der Waals surface area contributed by atoms with Crippen molar-refractivity contribution in [1.29, 1.82) is 0 Å². The first-order chi connectivity index (χ1) is 15.2. The lowest BCUT2D eigenvalue weighted by atomic mass is 9.90. The highest BCUT2D eigenvalue weighted by Gasteiger charge is 2.59. The lowest BCUT2D eigenvalue weighted by molar-refractivity contribution is -0.137. The summed E-state index contributed by atoms with van der Waals surface area (Å²) in [5.74, 6) is 0.215. The third kappa shape index (κ3) is 4.87. The minimum absolute atomic E-state index is 0.0346. The summed E-state index contributed by atoms with van der Waals surface area (Å²) in [6.07, 6.45) is -1.97. The molecule has 176 valence electrons. The topological polar surface area (TPSA) is 53.1 Å². The predicted molar refractivity (Wildman–Crippen MR) is 112 cm³/mol. The molecule has 1 unspecified atom stereocenters. The number of ether oxygens (including phenoxy) is 1. The van der Waals surface area contributed by atoms with Crippen molar-refractivity contribution < 1.29 is 27.5 Å². The fourth-order valence-corrected chi connectivity index (χ4v) is 5.05. The van der Waals surface area contributed by atoms with Gasteiger partial charge in [0, 0.05) is 38.6 Å². The average Bonchev–Trinajstić information content (AvgIpc) is 3.48. The highest BCUT2D eigenvalue weighted by Crippen LogP contribution is 2.60. The van der Waals surface area contributed by atoms with E-state index >= 15 is 0 Å². The molecule has 9 heteroatoms. The number of carbonyl (C=O) groups is 2. The molecule has 3 aliphatic rings. The molecular weight excluding hydrogens is 423 g/mol. The Morgan fingerprint density at radius 3 is 2.34 bits per heavy atom. The Bertz CT molecular complexity index is 844. The normalized spacial score (nSPS) is 23.3. The van der Waals surface area contributed by atoms with Crippen LogP contribution in [0.15, 0.2) is 24.3 Å². The summed E-state index contributed by atoms with van der Waals surface area (Å²) in [6.45, 7) is 6.24. The molecule has 2 aliphatic heterocycles. The van der Waals surface area contributed by atoms with Crippen molar-refractivity contribution in [3.8, 4) is 0 Å². The van der Waals surface area contributed by atoms with Crippen molar-refractivity contribution in [3.05, 3.63) is 35.4 Å². The van der Waals surface area contributed by atoms with E-state index in [1.54, 1.807) is 17.9 Å². The number of carbonyl (C=O) groups excluding carboxylic acids is 2. The van der Waals surface area contributed by atoms with Gasteiger partial charge in [-0.15, -0.1) is 0 Å². The van der Waals surface area contributed by atoms with Crippen LogP contribution in [0.25, 0.3) is 0 Å². The Morgan fingerprint density at radius 2 is 1.72 bits per heavy atom. The van der Waals surface area contributed by atoms with Gasteiger partial charge in [-0.05, 0) is 56.3 Å². The fraction of sp³-hybridized carbons (Fsp3) is 0.652. The molecule has 1 aromatic rings. The molecule has 0 N–H and O–H groups in total. The van der Waals surface area contributed by atoms with E-state index in [0.717, 1.165) is 38.4 Å². The molecule has 4 rings (SSSR count). The molecule has 1 saturated carbocycles. The molecule has 1 spiro atoms. The van der Waals surface area contributed by atoms with Gasteiger partial charge in [0.05, 0.1) is 12.2 Å². The Labute approximate surface area is 186 Å². The molecular formula is C23H30F3N3O3. The van der Waals surface area contributed by atoms with E-state index in [2.05, 4.69) is 4.90 Å². The van der Waals surface area contributed by atoms with E-state index in [9.17, 15) is 22.8 Å². The molecule has 32 heavy (non-hydrogen) atoms. The lowest BCUT2D eigenvalue weighted by Gasteiger charge is -2.36. The number of amides is 2. The second-order valence-corrected chi connectivity index (χ2v) is 9.10. The first kappa shape index (κ1) is 22.9. The minimum atomic E-state index is -4.33. The summed E-state index contributed by atoms with van der Waals surface area (Å²) in [5.41, 5.74) is 0.0951. The molecule has 0 aromatic heterocycles. The zero-order chi connectivity index (χ0) is 22.9. The third-order valence-corrected chi connectivity index (χ3v) is 7.12. The lowest BCUT2D eigenvalue weighted by Crippen LogP contribution is -2.51. The highest BCUT2D eigenvalue weighted by atomic mass is 19.4. The predicted octanol–water partition coefficient (Wildman–Crippen LogP) is 3.61. The number of benzene rings is 1. The Balaban J connectivity index is 1.25. The van der Waals surface area contributed by atoms with E-state index < -0.39 is 11.7 Å². The Hall–Kier alpha value is -2.29. The molecule has 1 aliphatic carbocycles. The highest BCUT2D eigenvalue weighted by molar-refractivity contribution is 5.83. The summed E-state index contributed by atoms with van der Waals surface area (Å²) < 4.78 is 43.9. The van der Waals surface area contributed by atoms with Gasteiger partial charge in [-0.2, -0.15) is 13.2 Å². The van der Waals surface area contributed by atoms with E-state index in [4.69, 9.17) is 4.74 Å². The number of hydrogen-bond donors (Lipinski definition) is 0. The van der Waals surface area contributed by atoms with Gasteiger partial charge in [-0.3, -0.25) is 9.69 Å². The number of alkyl halides is 3. The van der Waals surface area contributed by atoms with Crippen LogP contribution in [0.1, 0.15) is 37.3 Å². The number of piperazine rings is 1. The van der Waals surface area contributed by atoms with Crippen LogP contribution >= 0.6 is 0 Å². The average molecular weight is 454 g/mol. The summed E-state index contributed by atoms with van der Waals surface area (Å²) >= 11 is 0. The number of likely N-dealkylation sites (tertiary alicyclic amines) is 1. The molecule has 2 saturated heterocycles. The molecule has 6 nitrogen and oxygen atoms in total. The first-order valence-electron chi connectivity index (χ1n) is 11.3. The van der Waals surface area contributed by atoms with Crippen molar-refractivity contribution in [3.63, 3.8) is 0 Å². The van der Waals surface area contributed by atoms with Crippen LogP contribution in [-0.2, 0) is 22.3 Å². The first-order valence-corrected chi connectivity index (χ1v) is 11.3. The van der Waals surface area contributed by atoms with Crippen LogP contribution in [0.3, 0.4) is 0 Å². The van der Waals surface area contributed by atoms with Crippen molar-refractivity contribution in [2.24, 2.45) is 11.3 Å². The van der Waals surface area contributed by atoms with Gasteiger partial charge in [0.15, 0.2) is 0 Å². The van der Waals surface area contributed by atoms with Crippen molar-refractivity contribution in [1.82, 2.24) is 14.7 Å². The number of halogens is 3. The largest absolute Gasteiger partial charge is 0.450 e. The van der Waals surface area contributed by atoms with Gasteiger partial charge in [0.1, 0.15) is 0 Å². The van der Waals surface area contributed by atoms with Gasteiger partial charge in [-0.25, -0.2) is 4.79 Å². The SMILES string of the molecule is CCOC(=O)N1CCN(C(=O)C2CC23CCN(Cc2cccc(C(F)(F)F)c2)CC3)CC1. The van der Waals surface area contributed by atoms with Gasteiger partial charge in [0.25, 0.3) is 0 Å². The summed E-state index contributed by atoms with van der Waals surface area (Å²) in [6, 6.07) is 5.52. The maximum atomic E-state index is 13.0. The second kappa shape index (κ2) is 8.92. The Kier molecular flexibility index (Phi) is 6.38. The third-order valence-electron chi connectivity index (χ3n) is 7.12. The molecule has 1 atom stereocenters. The van der Waals surface area contributed by atoms with Crippen molar-refractivity contribution in [2.45, 2.75) is 38.9 Å². The summed E-state index contributed by atoms with van der Waals surface area (Å²) in [7, 11) is 0. The van der Waals surface area contributed by atoms with E-state index in [1.807, 2.05) is 4.90 Å². The number of nitrogens with zero attached hydrogens (tertiary/aromatic N) is 3. The minimum Gasteiger partial charge on any atom is -0.450 e. The maximum absolute atomic E-state index is 13.0.